The Kier molecular flexibility index (Phi) is 6.42. The highest BCUT2D eigenvalue weighted by Gasteiger charge is 2.27. The second-order valence-electron chi connectivity index (χ2n) is 5.94. The number of morpholine rings is 2. The molecule has 2 N–H and O–H groups in total. The lowest BCUT2D eigenvalue weighted by Gasteiger charge is -2.25. The molecule has 0 radical (unpaired) electrons. The molecule has 25 heavy (non-hydrogen) atoms. The maximum absolute atomic E-state index is 12.6. The fraction of sp³-hybridized carbons (Fsp3) is 0.667. The Bertz CT molecular complexity index is 679. The number of carbonyl (C=O) groups excluding carboxylic acids is 1. The van der Waals surface area contributed by atoms with Crippen LogP contribution in [0.25, 0.3) is 0 Å². The summed E-state index contributed by atoms with van der Waals surface area (Å²) >= 11 is 1.20. The van der Waals surface area contributed by atoms with Gasteiger partial charge in [0.2, 0.25) is 5.91 Å². The minimum absolute atomic E-state index is 0.0364. The molecule has 0 aromatic carbocycles. The minimum atomic E-state index is -3.47. The van der Waals surface area contributed by atoms with Crippen LogP contribution in [0, 0.1) is 0 Å². The Hall–Kier alpha value is -1.04. The van der Waals surface area contributed by atoms with Crippen molar-refractivity contribution < 1.29 is 22.7 Å². The van der Waals surface area contributed by atoms with Crippen LogP contribution in [0.5, 0.6) is 0 Å². The van der Waals surface area contributed by atoms with Gasteiger partial charge in [0.25, 0.3) is 10.0 Å². The molecule has 1 atom stereocenters. The number of rotatable bonds is 6. The minimum Gasteiger partial charge on any atom is -0.379 e. The Morgan fingerprint density at radius 3 is 2.80 bits per heavy atom. The molecule has 3 rings (SSSR count). The lowest BCUT2D eigenvalue weighted by Crippen LogP contribution is -2.44. The number of carbonyl (C=O) groups is 1. The summed E-state index contributed by atoms with van der Waals surface area (Å²) in [7, 11) is -3.47. The fourth-order valence-corrected chi connectivity index (χ4v) is 5.60. The summed E-state index contributed by atoms with van der Waals surface area (Å²) in [5, 5.41) is 6.07. The molecule has 1 unspecified atom stereocenters. The van der Waals surface area contributed by atoms with E-state index in [1.54, 1.807) is 12.1 Å². The average Bonchev–Trinajstić information content (AvgIpc) is 3.11. The van der Waals surface area contributed by atoms with Gasteiger partial charge in [0.05, 0.1) is 33.0 Å². The summed E-state index contributed by atoms with van der Waals surface area (Å²) in [5.74, 6) is -0.0750. The number of amides is 1. The molecule has 1 aromatic heterocycles. The van der Waals surface area contributed by atoms with Crippen LogP contribution in [0.15, 0.2) is 16.3 Å². The highest BCUT2D eigenvalue weighted by atomic mass is 32.2. The van der Waals surface area contributed by atoms with Crippen molar-refractivity contribution in [2.45, 2.75) is 23.2 Å². The Labute approximate surface area is 151 Å². The number of hydrogen-bond acceptors (Lipinski definition) is 7. The summed E-state index contributed by atoms with van der Waals surface area (Å²) in [4.78, 5) is 12.8. The third-order valence-corrected chi connectivity index (χ3v) is 7.54. The number of sulfonamides is 1. The van der Waals surface area contributed by atoms with Crippen molar-refractivity contribution in [2.75, 3.05) is 46.1 Å². The van der Waals surface area contributed by atoms with E-state index in [2.05, 4.69) is 10.6 Å². The van der Waals surface area contributed by atoms with Gasteiger partial charge in [-0.1, -0.05) is 0 Å². The zero-order valence-corrected chi connectivity index (χ0v) is 15.5. The summed E-state index contributed by atoms with van der Waals surface area (Å²) in [6, 6.07) is 3.39. The largest absolute Gasteiger partial charge is 0.379 e. The van der Waals surface area contributed by atoms with Gasteiger partial charge in [-0.25, -0.2) is 8.42 Å². The second kappa shape index (κ2) is 8.56. The standard InChI is InChI=1S/C15H23N3O5S2/c19-14(9-12-11-23-6-3-16-12)17-10-13-1-2-15(24-13)25(20,21)18-4-7-22-8-5-18/h1-2,12,16H,3-11H2,(H,17,19). The van der Waals surface area contributed by atoms with E-state index in [0.29, 0.717) is 56.7 Å². The summed E-state index contributed by atoms with van der Waals surface area (Å²) in [6.45, 7) is 3.90. The van der Waals surface area contributed by atoms with Gasteiger partial charge >= 0.3 is 0 Å². The quantitative estimate of drug-likeness (QED) is 0.697. The van der Waals surface area contributed by atoms with Gasteiger partial charge < -0.3 is 20.1 Å². The third-order valence-electron chi connectivity index (χ3n) is 4.09. The Morgan fingerprint density at radius 1 is 1.28 bits per heavy atom. The van der Waals surface area contributed by atoms with Crippen molar-refractivity contribution in [3.63, 3.8) is 0 Å². The summed E-state index contributed by atoms with van der Waals surface area (Å²) in [5.41, 5.74) is 0. The molecule has 0 bridgehead atoms. The van der Waals surface area contributed by atoms with E-state index < -0.39 is 10.0 Å². The molecule has 2 aliphatic rings. The van der Waals surface area contributed by atoms with E-state index >= 15 is 0 Å². The average molecular weight is 389 g/mol. The number of nitrogens with one attached hydrogen (secondary N) is 2. The van der Waals surface area contributed by atoms with Crippen LogP contribution in [-0.2, 0) is 30.8 Å². The predicted molar refractivity (Wildman–Crippen MR) is 93.0 cm³/mol. The third kappa shape index (κ3) is 4.99. The number of thiophene rings is 1. The molecular weight excluding hydrogens is 366 g/mol. The van der Waals surface area contributed by atoms with Crippen LogP contribution in [0.2, 0.25) is 0 Å². The van der Waals surface area contributed by atoms with E-state index in [0.717, 1.165) is 11.4 Å². The van der Waals surface area contributed by atoms with Crippen LogP contribution in [0.4, 0.5) is 0 Å². The van der Waals surface area contributed by atoms with Crippen molar-refractivity contribution in [1.29, 1.82) is 0 Å². The van der Waals surface area contributed by atoms with Crippen LogP contribution >= 0.6 is 11.3 Å². The first-order chi connectivity index (χ1) is 12.1. The van der Waals surface area contributed by atoms with Crippen LogP contribution in [-0.4, -0.2) is 70.7 Å². The molecule has 3 heterocycles. The molecule has 0 aliphatic carbocycles. The van der Waals surface area contributed by atoms with E-state index in [-0.39, 0.29) is 11.9 Å². The van der Waals surface area contributed by atoms with Crippen LogP contribution in [0.3, 0.4) is 0 Å². The number of hydrogen-bond donors (Lipinski definition) is 2. The van der Waals surface area contributed by atoms with Crippen molar-refractivity contribution in [3.8, 4) is 0 Å². The summed E-state index contributed by atoms with van der Waals surface area (Å²) < 4.78 is 37.4. The lowest BCUT2D eigenvalue weighted by molar-refractivity contribution is -0.122. The smallest absolute Gasteiger partial charge is 0.252 e. The van der Waals surface area contributed by atoms with Crippen molar-refractivity contribution in [2.24, 2.45) is 0 Å². The molecule has 2 fully saturated rings. The normalized spacial score (nSPS) is 22.6. The van der Waals surface area contributed by atoms with E-state index in [1.165, 1.54) is 15.6 Å². The lowest BCUT2D eigenvalue weighted by atomic mass is 10.2. The van der Waals surface area contributed by atoms with Crippen LogP contribution in [0.1, 0.15) is 11.3 Å². The highest BCUT2D eigenvalue weighted by molar-refractivity contribution is 7.91. The van der Waals surface area contributed by atoms with Crippen LogP contribution < -0.4 is 10.6 Å². The Balaban J connectivity index is 1.51. The first-order valence-corrected chi connectivity index (χ1v) is 10.6. The van der Waals surface area contributed by atoms with Crippen molar-refractivity contribution >= 4 is 27.3 Å². The maximum atomic E-state index is 12.6. The number of nitrogens with zero attached hydrogens (tertiary/aromatic N) is 1. The van der Waals surface area contributed by atoms with Gasteiger partial charge in [-0.2, -0.15) is 4.31 Å². The topological polar surface area (TPSA) is 97.0 Å². The molecule has 2 aliphatic heterocycles. The fourth-order valence-electron chi connectivity index (χ4n) is 2.74. The molecule has 140 valence electrons. The zero-order valence-electron chi connectivity index (χ0n) is 13.9. The van der Waals surface area contributed by atoms with Gasteiger partial charge in [0.1, 0.15) is 4.21 Å². The Morgan fingerprint density at radius 2 is 2.08 bits per heavy atom. The van der Waals surface area contributed by atoms with E-state index in [4.69, 9.17) is 9.47 Å². The molecular formula is C15H23N3O5S2. The van der Waals surface area contributed by atoms with Gasteiger partial charge in [-0.15, -0.1) is 11.3 Å². The molecule has 8 nitrogen and oxygen atoms in total. The van der Waals surface area contributed by atoms with Gasteiger partial charge in [0, 0.05) is 37.0 Å². The van der Waals surface area contributed by atoms with Gasteiger partial charge in [0.15, 0.2) is 0 Å². The molecule has 2 saturated heterocycles. The first-order valence-electron chi connectivity index (χ1n) is 8.30. The molecule has 0 spiro atoms. The maximum Gasteiger partial charge on any atom is 0.252 e. The highest BCUT2D eigenvalue weighted by Crippen LogP contribution is 2.25. The molecule has 1 amide bonds. The zero-order chi connectivity index (χ0) is 17.7. The van der Waals surface area contributed by atoms with E-state index in [1.807, 2.05) is 0 Å². The first kappa shape index (κ1) is 18.7. The molecule has 1 aromatic rings. The molecule has 0 saturated carbocycles. The van der Waals surface area contributed by atoms with E-state index in [9.17, 15) is 13.2 Å². The number of ether oxygens (including phenoxy) is 2. The predicted octanol–water partition coefficient (Wildman–Crippen LogP) is -0.236. The second-order valence-corrected chi connectivity index (χ2v) is 9.28. The monoisotopic (exact) mass is 389 g/mol. The SMILES string of the molecule is O=C(CC1COCCN1)NCc1ccc(S(=O)(=O)N2CCOCC2)s1. The summed E-state index contributed by atoms with van der Waals surface area (Å²) in [6.07, 6.45) is 0.351. The van der Waals surface area contributed by atoms with Gasteiger partial charge in [-0.05, 0) is 12.1 Å². The van der Waals surface area contributed by atoms with Crippen molar-refractivity contribution in [3.05, 3.63) is 17.0 Å². The van der Waals surface area contributed by atoms with Gasteiger partial charge in [-0.3, -0.25) is 4.79 Å². The van der Waals surface area contributed by atoms with Crippen molar-refractivity contribution in [1.82, 2.24) is 14.9 Å². The molecule has 10 heteroatoms.